The van der Waals surface area contributed by atoms with Crippen molar-refractivity contribution in [2.24, 2.45) is 0 Å². The van der Waals surface area contributed by atoms with Crippen molar-refractivity contribution in [2.75, 3.05) is 18.4 Å². The summed E-state index contributed by atoms with van der Waals surface area (Å²) < 4.78 is 1.38. The van der Waals surface area contributed by atoms with E-state index in [1.807, 2.05) is 11.3 Å². The summed E-state index contributed by atoms with van der Waals surface area (Å²) in [5, 5.41) is 10.5. The minimum Gasteiger partial charge on any atom is -0.380 e. The lowest BCUT2D eigenvalue weighted by Gasteiger charge is -2.13. The minimum absolute atomic E-state index is 0. The summed E-state index contributed by atoms with van der Waals surface area (Å²) >= 11 is 1.81. The van der Waals surface area contributed by atoms with Crippen LogP contribution in [0.15, 0.2) is 29.6 Å². The Morgan fingerprint density at radius 2 is 2.25 bits per heavy atom. The van der Waals surface area contributed by atoms with Gasteiger partial charge in [0.05, 0.1) is 10.4 Å². The first-order chi connectivity index (χ1) is 7.43. The van der Waals surface area contributed by atoms with Gasteiger partial charge in [-0.2, -0.15) is 0 Å². The van der Waals surface area contributed by atoms with Gasteiger partial charge in [0, 0.05) is 12.6 Å². The Balaban J connectivity index is 0.000000963. The summed E-state index contributed by atoms with van der Waals surface area (Å²) in [6.45, 7) is 2.22. The van der Waals surface area contributed by atoms with E-state index in [1.54, 1.807) is 0 Å². The minimum atomic E-state index is 0. The third kappa shape index (κ3) is 2.17. The SMILES string of the molecule is Cl.c1cc(N[C@H]2CCNC2)c2sccc2c1. The van der Waals surface area contributed by atoms with Gasteiger partial charge in [-0.1, -0.05) is 12.1 Å². The van der Waals surface area contributed by atoms with Crippen LogP contribution in [0.5, 0.6) is 0 Å². The first-order valence-electron chi connectivity index (χ1n) is 5.37. The van der Waals surface area contributed by atoms with E-state index < -0.39 is 0 Å². The molecule has 2 N–H and O–H groups in total. The van der Waals surface area contributed by atoms with Gasteiger partial charge in [0.1, 0.15) is 0 Å². The van der Waals surface area contributed by atoms with Gasteiger partial charge in [0.15, 0.2) is 0 Å². The van der Waals surface area contributed by atoms with Crippen molar-refractivity contribution in [3.8, 4) is 0 Å². The number of hydrogen-bond donors (Lipinski definition) is 2. The molecule has 1 saturated heterocycles. The van der Waals surface area contributed by atoms with Crippen LogP contribution in [0.4, 0.5) is 5.69 Å². The number of anilines is 1. The Labute approximate surface area is 105 Å². The second kappa shape index (κ2) is 5.04. The van der Waals surface area contributed by atoms with Crippen LogP contribution >= 0.6 is 23.7 Å². The van der Waals surface area contributed by atoms with Gasteiger partial charge in [-0.25, -0.2) is 0 Å². The summed E-state index contributed by atoms with van der Waals surface area (Å²) in [6, 6.07) is 9.25. The number of hydrogen-bond acceptors (Lipinski definition) is 3. The third-order valence-electron chi connectivity index (χ3n) is 2.90. The molecule has 1 aromatic heterocycles. The van der Waals surface area contributed by atoms with E-state index in [9.17, 15) is 0 Å². The first-order valence-corrected chi connectivity index (χ1v) is 6.25. The van der Waals surface area contributed by atoms with Crippen LogP contribution in [0.1, 0.15) is 6.42 Å². The van der Waals surface area contributed by atoms with Crippen LogP contribution in [0.25, 0.3) is 10.1 Å². The van der Waals surface area contributed by atoms with E-state index in [0.717, 1.165) is 13.1 Å². The van der Waals surface area contributed by atoms with E-state index in [4.69, 9.17) is 0 Å². The van der Waals surface area contributed by atoms with E-state index in [0.29, 0.717) is 6.04 Å². The highest BCUT2D eigenvalue weighted by atomic mass is 35.5. The summed E-state index contributed by atoms with van der Waals surface area (Å²) in [4.78, 5) is 0. The molecule has 2 nitrogen and oxygen atoms in total. The third-order valence-corrected chi connectivity index (χ3v) is 3.86. The van der Waals surface area contributed by atoms with Crippen molar-refractivity contribution in [2.45, 2.75) is 12.5 Å². The fourth-order valence-electron chi connectivity index (χ4n) is 2.10. The lowest BCUT2D eigenvalue weighted by molar-refractivity contribution is 0.795. The maximum atomic E-state index is 3.62. The zero-order valence-corrected chi connectivity index (χ0v) is 10.5. The zero-order valence-electron chi connectivity index (χ0n) is 8.90. The zero-order chi connectivity index (χ0) is 10.1. The fourth-order valence-corrected chi connectivity index (χ4v) is 2.98. The van der Waals surface area contributed by atoms with Crippen molar-refractivity contribution in [1.29, 1.82) is 0 Å². The molecule has 2 aromatic rings. The smallest absolute Gasteiger partial charge is 0.0574 e. The van der Waals surface area contributed by atoms with Crippen molar-refractivity contribution in [3.05, 3.63) is 29.6 Å². The Hall–Kier alpha value is -0.770. The first kappa shape index (κ1) is 11.7. The standard InChI is InChI=1S/C12H14N2S.ClH/c1-2-9-5-7-15-12(9)11(3-1)14-10-4-6-13-8-10;/h1-3,5,7,10,13-14H,4,6,8H2;1H/t10-;/m0./s1. The molecule has 4 heteroatoms. The number of halogens is 1. The van der Waals surface area contributed by atoms with Gasteiger partial charge in [-0.05, 0) is 35.9 Å². The molecule has 16 heavy (non-hydrogen) atoms. The number of benzene rings is 1. The Bertz CT molecular complexity index is 463. The lowest BCUT2D eigenvalue weighted by atomic mass is 10.2. The molecule has 86 valence electrons. The van der Waals surface area contributed by atoms with Crippen molar-refractivity contribution in [3.63, 3.8) is 0 Å². The molecular formula is C12H15ClN2S. The second-order valence-electron chi connectivity index (χ2n) is 3.98. The van der Waals surface area contributed by atoms with E-state index in [2.05, 4.69) is 40.3 Å². The highest BCUT2D eigenvalue weighted by Crippen LogP contribution is 2.29. The topological polar surface area (TPSA) is 24.1 Å². The molecule has 0 bridgehead atoms. The fraction of sp³-hybridized carbons (Fsp3) is 0.333. The van der Waals surface area contributed by atoms with Gasteiger partial charge in [0.25, 0.3) is 0 Å². The van der Waals surface area contributed by atoms with Gasteiger partial charge < -0.3 is 10.6 Å². The van der Waals surface area contributed by atoms with Crippen LogP contribution < -0.4 is 10.6 Å². The van der Waals surface area contributed by atoms with Crippen LogP contribution in [-0.4, -0.2) is 19.1 Å². The Kier molecular flexibility index (Phi) is 3.69. The Morgan fingerprint density at radius 1 is 1.31 bits per heavy atom. The molecule has 0 amide bonds. The van der Waals surface area contributed by atoms with E-state index in [-0.39, 0.29) is 12.4 Å². The van der Waals surface area contributed by atoms with E-state index >= 15 is 0 Å². The quantitative estimate of drug-likeness (QED) is 0.861. The molecule has 0 unspecified atom stereocenters. The molecule has 0 radical (unpaired) electrons. The second-order valence-corrected chi connectivity index (χ2v) is 4.89. The number of thiophene rings is 1. The molecule has 1 aliphatic heterocycles. The van der Waals surface area contributed by atoms with Crippen molar-refractivity contribution in [1.82, 2.24) is 5.32 Å². The lowest BCUT2D eigenvalue weighted by Crippen LogP contribution is -2.21. The molecule has 1 aromatic carbocycles. The van der Waals surface area contributed by atoms with Gasteiger partial charge >= 0.3 is 0 Å². The number of fused-ring (bicyclic) bond motifs is 1. The highest BCUT2D eigenvalue weighted by molar-refractivity contribution is 7.17. The van der Waals surface area contributed by atoms with Gasteiger partial charge in [0.2, 0.25) is 0 Å². The molecule has 0 aliphatic carbocycles. The normalized spacial score (nSPS) is 19.6. The predicted octanol–water partition coefficient (Wildman–Crippen LogP) is 3.10. The van der Waals surface area contributed by atoms with Crippen LogP contribution in [0.3, 0.4) is 0 Å². The molecular weight excluding hydrogens is 240 g/mol. The molecule has 0 spiro atoms. The molecule has 0 saturated carbocycles. The van der Waals surface area contributed by atoms with E-state index in [1.165, 1.54) is 22.2 Å². The highest BCUT2D eigenvalue weighted by Gasteiger charge is 2.14. The maximum Gasteiger partial charge on any atom is 0.0574 e. The van der Waals surface area contributed by atoms with Crippen LogP contribution in [-0.2, 0) is 0 Å². The average molecular weight is 255 g/mol. The van der Waals surface area contributed by atoms with Crippen molar-refractivity contribution >= 4 is 39.5 Å². The number of rotatable bonds is 2. The molecule has 2 heterocycles. The molecule has 3 rings (SSSR count). The maximum absolute atomic E-state index is 3.62. The van der Waals surface area contributed by atoms with Crippen LogP contribution in [0, 0.1) is 0 Å². The largest absolute Gasteiger partial charge is 0.380 e. The molecule has 1 aliphatic rings. The average Bonchev–Trinajstić information content (AvgIpc) is 2.87. The summed E-state index contributed by atoms with van der Waals surface area (Å²) in [5.41, 5.74) is 1.29. The molecule has 1 atom stereocenters. The summed E-state index contributed by atoms with van der Waals surface area (Å²) in [5.74, 6) is 0. The van der Waals surface area contributed by atoms with Crippen LogP contribution in [0.2, 0.25) is 0 Å². The molecule has 1 fully saturated rings. The van der Waals surface area contributed by atoms with Crippen molar-refractivity contribution < 1.29 is 0 Å². The predicted molar refractivity (Wildman–Crippen MR) is 74.0 cm³/mol. The van der Waals surface area contributed by atoms with Gasteiger partial charge in [-0.15, -0.1) is 23.7 Å². The monoisotopic (exact) mass is 254 g/mol. The summed E-state index contributed by atoms with van der Waals surface area (Å²) in [6.07, 6.45) is 1.22. The Morgan fingerprint density at radius 3 is 3.06 bits per heavy atom. The van der Waals surface area contributed by atoms with Gasteiger partial charge in [-0.3, -0.25) is 0 Å². The number of nitrogens with one attached hydrogen (secondary N) is 2. The summed E-state index contributed by atoms with van der Waals surface area (Å²) in [7, 11) is 0.